The van der Waals surface area contributed by atoms with Crippen LogP contribution in [0.5, 0.6) is 0 Å². The number of benzene rings is 1. The summed E-state index contributed by atoms with van der Waals surface area (Å²) in [5.41, 5.74) is 2.27. The molecule has 1 saturated heterocycles. The van der Waals surface area contributed by atoms with Crippen molar-refractivity contribution in [3.8, 4) is 0 Å². The molecule has 1 amide bonds. The minimum atomic E-state index is 0. The van der Waals surface area contributed by atoms with Gasteiger partial charge < -0.3 is 15.5 Å². The molecule has 152 valence electrons. The van der Waals surface area contributed by atoms with Gasteiger partial charge in [0.1, 0.15) is 12.2 Å². The Kier molecular flexibility index (Phi) is 8.68. The van der Waals surface area contributed by atoms with Crippen LogP contribution in [0.1, 0.15) is 36.7 Å². The van der Waals surface area contributed by atoms with Gasteiger partial charge in [-0.05, 0) is 24.5 Å². The second-order valence-corrected chi connectivity index (χ2v) is 6.59. The van der Waals surface area contributed by atoms with E-state index in [0.717, 1.165) is 42.4 Å². The molecule has 0 unspecified atom stereocenters. The molecule has 0 saturated carbocycles. The maximum absolute atomic E-state index is 11.8. The fraction of sp³-hybridized carbons (Fsp3) is 0.474. The van der Waals surface area contributed by atoms with Gasteiger partial charge in [-0.15, -0.1) is 24.0 Å². The van der Waals surface area contributed by atoms with Crippen LogP contribution < -0.4 is 10.6 Å². The van der Waals surface area contributed by atoms with E-state index in [1.165, 1.54) is 6.33 Å². The van der Waals surface area contributed by atoms with Crippen molar-refractivity contribution in [2.75, 3.05) is 13.1 Å². The van der Waals surface area contributed by atoms with E-state index in [-0.39, 0.29) is 29.9 Å². The highest BCUT2D eigenvalue weighted by Crippen LogP contribution is 2.15. The molecule has 2 N–H and O–H groups in total. The third kappa shape index (κ3) is 6.18. The zero-order valence-electron chi connectivity index (χ0n) is 16.4. The van der Waals surface area contributed by atoms with E-state index in [1.54, 1.807) is 4.68 Å². The lowest BCUT2D eigenvalue weighted by Gasteiger charge is -2.16. The number of aryl methyl sites for hydroxylation is 1. The first-order valence-corrected chi connectivity index (χ1v) is 9.36. The van der Waals surface area contributed by atoms with Crippen LogP contribution >= 0.6 is 24.0 Å². The molecule has 8 nitrogen and oxygen atoms in total. The standard InChI is InChI=1S/C19H27N7O.HI/c1-3-20-19(22-12-17-23-14-24-25(17)2)21-11-15-6-4-7-16(10-15)13-26-9-5-8-18(26)27;/h4,6-7,10,14H,3,5,8-9,11-13H2,1-2H3,(H2,20,21,22);1H. The van der Waals surface area contributed by atoms with Gasteiger partial charge in [-0.1, -0.05) is 24.3 Å². The van der Waals surface area contributed by atoms with Crippen LogP contribution in [0.25, 0.3) is 0 Å². The van der Waals surface area contributed by atoms with E-state index in [0.29, 0.717) is 26.1 Å². The highest BCUT2D eigenvalue weighted by atomic mass is 127. The Balaban J connectivity index is 0.00000280. The Labute approximate surface area is 182 Å². The van der Waals surface area contributed by atoms with Crippen LogP contribution in [0.4, 0.5) is 0 Å². The van der Waals surface area contributed by atoms with Crippen LogP contribution in [0, 0.1) is 0 Å². The zero-order chi connectivity index (χ0) is 19.1. The average Bonchev–Trinajstić information content (AvgIpc) is 3.26. The number of amides is 1. The fourth-order valence-corrected chi connectivity index (χ4v) is 3.07. The molecule has 1 fully saturated rings. The van der Waals surface area contributed by atoms with Crippen molar-refractivity contribution in [1.29, 1.82) is 0 Å². The summed E-state index contributed by atoms with van der Waals surface area (Å²) in [6.45, 7) is 5.48. The number of hydrogen-bond acceptors (Lipinski definition) is 4. The molecule has 9 heteroatoms. The number of aromatic nitrogens is 3. The Morgan fingerprint density at radius 2 is 2.11 bits per heavy atom. The fourth-order valence-electron chi connectivity index (χ4n) is 3.07. The number of halogens is 1. The van der Waals surface area contributed by atoms with E-state index < -0.39 is 0 Å². The quantitative estimate of drug-likeness (QED) is 0.346. The molecule has 0 radical (unpaired) electrons. The third-order valence-electron chi connectivity index (χ3n) is 4.52. The molecular formula is C19H28IN7O. The van der Waals surface area contributed by atoms with Gasteiger partial charge in [-0.25, -0.2) is 9.98 Å². The third-order valence-corrected chi connectivity index (χ3v) is 4.52. The summed E-state index contributed by atoms with van der Waals surface area (Å²) < 4.78 is 1.74. The van der Waals surface area contributed by atoms with Gasteiger partial charge in [0.25, 0.3) is 0 Å². The maximum Gasteiger partial charge on any atom is 0.222 e. The Bertz CT molecular complexity index is 805. The number of nitrogens with zero attached hydrogens (tertiary/aromatic N) is 5. The summed E-state index contributed by atoms with van der Waals surface area (Å²) in [5.74, 6) is 1.83. The first kappa shape index (κ1) is 22.1. The smallest absolute Gasteiger partial charge is 0.222 e. The van der Waals surface area contributed by atoms with Crippen LogP contribution in [0.15, 0.2) is 35.6 Å². The Morgan fingerprint density at radius 3 is 2.79 bits per heavy atom. The van der Waals surface area contributed by atoms with Crippen molar-refractivity contribution in [3.63, 3.8) is 0 Å². The predicted octanol–water partition coefficient (Wildman–Crippen LogP) is 1.81. The van der Waals surface area contributed by atoms with Gasteiger partial charge in [-0.2, -0.15) is 5.10 Å². The summed E-state index contributed by atoms with van der Waals surface area (Å²) in [6.07, 6.45) is 3.18. The Morgan fingerprint density at radius 1 is 1.29 bits per heavy atom. The van der Waals surface area contributed by atoms with Gasteiger partial charge in [0, 0.05) is 33.1 Å². The SMILES string of the molecule is CCNC(=NCc1cccc(CN2CCCC2=O)c1)NCc1ncnn1C.I. The van der Waals surface area contributed by atoms with Gasteiger partial charge in [0.05, 0.1) is 13.1 Å². The second-order valence-electron chi connectivity index (χ2n) is 6.59. The first-order chi connectivity index (χ1) is 13.2. The number of carbonyl (C=O) groups excluding carboxylic acids is 1. The van der Waals surface area contributed by atoms with Crippen molar-refractivity contribution in [3.05, 3.63) is 47.5 Å². The minimum Gasteiger partial charge on any atom is -0.357 e. The molecule has 1 aliphatic rings. The van der Waals surface area contributed by atoms with Crippen LogP contribution in [0.2, 0.25) is 0 Å². The summed E-state index contributed by atoms with van der Waals surface area (Å²) in [7, 11) is 1.87. The lowest BCUT2D eigenvalue weighted by atomic mass is 10.1. The molecule has 0 aliphatic carbocycles. The number of rotatable bonds is 7. The number of aliphatic imine (C=N–C) groups is 1. The Hall–Kier alpha value is -2.17. The number of likely N-dealkylation sites (tertiary alicyclic amines) is 1. The monoisotopic (exact) mass is 497 g/mol. The molecule has 1 aromatic heterocycles. The number of guanidine groups is 1. The largest absolute Gasteiger partial charge is 0.357 e. The van der Waals surface area contributed by atoms with Crippen LogP contribution in [-0.4, -0.2) is 44.6 Å². The second kappa shape index (κ2) is 11.0. The molecule has 3 rings (SSSR count). The molecule has 0 bridgehead atoms. The predicted molar refractivity (Wildman–Crippen MR) is 119 cm³/mol. The van der Waals surface area contributed by atoms with Crippen molar-refractivity contribution in [1.82, 2.24) is 30.3 Å². The average molecular weight is 497 g/mol. The van der Waals surface area contributed by atoms with Gasteiger partial charge in [0.15, 0.2) is 5.96 Å². The first-order valence-electron chi connectivity index (χ1n) is 9.36. The molecular weight excluding hydrogens is 469 g/mol. The van der Waals surface area contributed by atoms with E-state index in [9.17, 15) is 4.79 Å². The number of nitrogens with one attached hydrogen (secondary N) is 2. The molecule has 2 heterocycles. The lowest BCUT2D eigenvalue weighted by Crippen LogP contribution is -2.37. The summed E-state index contributed by atoms with van der Waals surface area (Å²) in [5, 5.41) is 10.6. The minimum absolute atomic E-state index is 0. The van der Waals surface area contributed by atoms with Gasteiger partial charge in [-0.3, -0.25) is 9.48 Å². The van der Waals surface area contributed by atoms with E-state index in [2.05, 4.69) is 43.9 Å². The van der Waals surface area contributed by atoms with Crippen LogP contribution in [0.3, 0.4) is 0 Å². The number of carbonyl (C=O) groups is 1. The number of hydrogen-bond donors (Lipinski definition) is 2. The summed E-state index contributed by atoms with van der Waals surface area (Å²) in [6, 6.07) is 8.28. The molecule has 28 heavy (non-hydrogen) atoms. The summed E-state index contributed by atoms with van der Waals surface area (Å²) in [4.78, 5) is 22.6. The normalized spacial score (nSPS) is 14.1. The zero-order valence-corrected chi connectivity index (χ0v) is 18.7. The summed E-state index contributed by atoms with van der Waals surface area (Å²) >= 11 is 0. The molecule has 0 atom stereocenters. The van der Waals surface area contributed by atoms with Crippen molar-refractivity contribution in [2.45, 2.75) is 39.4 Å². The van der Waals surface area contributed by atoms with Crippen molar-refractivity contribution in [2.24, 2.45) is 12.0 Å². The van der Waals surface area contributed by atoms with Crippen molar-refractivity contribution < 1.29 is 4.79 Å². The van der Waals surface area contributed by atoms with E-state index in [1.807, 2.05) is 24.9 Å². The van der Waals surface area contributed by atoms with Crippen LogP contribution in [-0.2, 0) is 31.5 Å². The lowest BCUT2D eigenvalue weighted by molar-refractivity contribution is -0.128. The molecule has 0 spiro atoms. The molecule has 2 aromatic rings. The van der Waals surface area contributed by atoms with Crippen molar-refractivity contribution >= 4 is 35.8 Å². The van der Waals surface area contributed by atoms with Gasteiger partial charge >= 0.3 is 0 Å². The highest BCUT2D eigenvalue weighted by Gasteiger charge is 2.19. The maximum atomic E-state index is 11.8. The topological polar surface area (TPSA) is 87.4 Å². The van der Waals surface area contributed by atoms with E-state index >= 15 is 0 Å². The molecule has 1 aromatic carbocycles. The molecule has 1 aliphatic heterocycles. The highest BCUT2D eigenvalue weighted by molar-refractivity contribution is 14.0. The van der Waals surface area contributed by atoms with E-state index in [4.69, 9.17) is 0 Å². The van der Waals surface area contributed by atoms with Gasteiger partial charge in [0.2, 0.25) is 5.91 Å².